The van der Waals surface area contributed by atoms with Gasteiger partial charge in [-0.25, -0.2) is 9.78 Å². The molecule has 1 aromatic heterocycles. The van der Waals surface area contributed by atoms with Gasteiger partial charge in [-0.3, -0.25) is 9.69 Å². The third-order valence-electron chi connectivity index (χ3n) is 7.93. The standard InChI is InChI=1S/C34H36N2O4/c1-23-19-27(14-16-31(23)39-2)26-11-9-25(10-12-26)22-36(32(37)20-24-7-5-4-6-8-24)33-30-15-13-29(34(38)40-3)21-28(30)17-18-35-33/h9-19,21,24H,4-8,20,22H2,1-3H3. The maximum absolute atomic E-state index is 13.9. The first-order valence-electron chi connectivity index (χ1n) is 14.0. The number of aryl methyl sites for hydroxylation is 1. The fourth-order valence-electron chi connectivity index (χ4n) is 5.69. The maximum atomic E-state index is 13.9. The summed E-state index contributed by atoms with van der Waals surface area (Å²) < 4.78 is 10.3. The molecule has 0 aliphatic heterocycles. The highest BCUT2D eigenvalue weighted by Gasteiger charge is 2.25. The number of hydrogen-bond donors (Lipinski definition) is 0. The molecule has 1 heterocycles. The molecule has 1 fully saturated rings. The van der Waals surface area contributed by atoms with Gasteiger partial charge < -0.3 is 9.47 Å². The second-order valence-electron chi connectivity index (χ2n) is 10.6. The minimum absolute atomic E-state index is 0.0822. The van der Waals surface area contributed by atoms with Crippen molar-refractivity contribution < 1.29 is 19.1 Å². The van der Waals surface area contributed by atoms with Gasteiger partial charge in [0, 0.05) is 18.0 Å². The van der Waals surface area contributed by atoms with E-state index in [0.29, 0.717) is 30.3 Å². The number of hydrogen-bond acceptors (Lipinski definition) is 5. The van der Waals surface area contributed by atoms with Gasteiger partial charge in [-0.1, -0.05) is 49.6 Å². The van der Waals surface area contributed by atoms with E-state index < -0.39 is 5.97 Å². The van der Waals surface area contributed by atoms with Crippen LogP contribution in [-0.4, -0.2) is 31.1 Å². The minimum atomic E-state index is -0.391. The molecule has 3 aromatic carbocycles. The molecule has 0 N–H and O–H groups in total. The highest BCUT2D eigenvalue weighted by atomic mass is 16.5. The number of aromatic nitrogens is 1. The number of amides is 1. The Hall–Kier alpha value is -4.19. The van der Waals surface area contributed by atoms with Crippen LogP contribution in [-0.2, 0) is 16.1 Å². The Morgan fingerprint density at radius 1 is 0.900 bits per heavy atom. The Bertz CT molecular complexity index is 1510. The van der Waals surface area contributed by atoms with Crippen LogP contribution in [0.1, 0.15) is 60.0 Å². The Balaban J connectivity index is 1.46. The normalized spacial score (nSPS) is 13.7. The molecular weight excluding hydrogens is 500 g/mol. The first-order chi connectivity index (χ1) is 19.5. The number of nitrogens with zero attached hydrogens (tertiary/aromatic N) is 2. The van der Waals surface area contributed by atoms with E-state index >= 15 is 0 Å². The van der Waals surface area contributed by atoms with Crippen LogP contribution in [0, 0.1) is 12.8 Å². The van der Waals surface area contributed by atoms with Crippen LogP contribution in [0.25, 0.3) is 21.9 Å². The number of carbonyl (C=O) groups is 2. The molecule has 0 spiro atoms. The molecule has 0 atom stereocenters. The van der Waals surface area contributed by atoms with Crippen LogP contribution in [0.4, 0.5) is 5.82 Å². The number of carbonyl (C=O) groups excluding carboxylic acids is 2. The second kappa shape index (κ2) is 12.3. The quantitative estimate of drug-likeness (QED) is 0.218. The Kier molecular flexibility index (Phi) is 8.44. The number of fused-ring (bicyclic) bond motifs is 1. The van der Waals surface area contributed by atoms with Crippen molar-refractivity contribution in [3.8, 4) is 16.9 Å². The van der Waals surface area contributed by atoms with Crippen LogP contribution in [0.15, 0.2) is 72.9 Å². The Morgan fingerprint density at radius 3 is 2.35 bits per heavy atom. The minimum Gasteiger partial charge on any atom is -0.496 e. The zero-order valence-electron chi connectivity index (χ0n) is 23.5. The summed E-state index contributed by atoms with van der Waals surface area (Å²) in [6.07, 6.45) is 8.04. The van der Waals surface area contributed by atoms with Gasteiger partial charge in [0.25, 0.3) is 0 Å². The maximum Gasteiger partial charge on any atom is 0.337 e. The van der Waals surface area contributed by atoms with Gasteiger partial charge in [-0.15, -0.1) is 0 Å². The monoisotopic (exact) mass is 536 g/mol. The second-order valence-corrected chi connectivity index (χ2v) is 10.6. The van der Waals surface area contributed by atoms with Crippen LogP contribution in [0.2, 0.25) is 0 Å². The topological polar surface area (TPSA) is 68.7 Å². The SMILES string of the molecule is COC(=O)c1ccc2c(N(Cc3ccc(-c4ccc(OC)c(C)c4)cc3)C(=O)CC3CCCCC3)nccc2c1. The number of benzene rings is 3. The van der Waals surface area contributed by atoms with Crippen molar-refractivity contribution in [3.63, 3.8) is 0 Å². The molecule has 1 aliphatic rings. The number of ether oxygens (including phenoxy) is 2. The van der Waals surface area contributed by atoms with E-state index in [9.17, 15) is 9.59 Å². The predicted molar refractivity (Wildman–Crippen MR) is 159 cm³/mol. The molecule has 6 heteroatoms. The number of methoxy groups -OCH3 is 2. The summed E-state index contributed by atoms with van der Waals surface area (Å²) in [5, 5.41) is 1.67. The van der Waals surface area contributed by atoms with Crippen molar-refractivity contribution in [3.05, 3.63) is 89.6 Å². The fraction of sp³-hybridized carbons (Fsp3) is 0.324. The lowest BCUT2D eigenvalue weighted by Gasteiger charge is -2.27. The fourth-order valence-corrected chi connectivity index (χ4v) is 5.69. The van der Waals surface area contributed by atoms with Crippen molar-refractivity contribution >= 4 is 28.5 Å². The van der Waals surface area contributed by atoms with E-state index in [-0.39, 0.29) is 5.91 Å². The first-order valence-corrected chi connectivity index (χ1v) is 14.0. The van der Waals surface area contributed by atoms with Crippen molar-refractivity contribution in [1.82, 2.24) is 4.98 Å². The molecule has 1 saturated carbocycles. The molecule has 1 amide bonds. The molecule has 0 bridgehead atoms. The summed E-state index contributed by atoms with van der Waals surface area (Å²) in [4.78, 5) is 32.5. The van der Waals surface area contributed by atoms with Crippen LogP contribution in [0.5, 0.6) is 5.75 Å². The Morgan fingerprint density at radius 2 is 1.65 bits per heavy atom. The summed E-state index contributed by atoms with van der Waals surface area (Å²) in [5.41, 5.74) is 4.80. The highest BCUT2D eigenvalue weighted by molar-refractivity contribution is 6.04. The van der Waals surface area contributed by atoms with Gasteiger partial charge in [-0.2, -0.15) is 0 Å². The summed E-state index contributed by atoms with van der Waals surface area (Å²) in [6, 6.07) is 21.8. The summed E-state index contributed by atoms with van der Waals surface area (Å²) in [6.45, 7) is 2.45. The molecule has 0 radical (unpaired) electrons. The van der Waals surface area contributed by atoms with E-state index in [2.05, 4.69) is 41.4 Å². The van der Waals surface area contributed by atoms with Gasteiger partial charge in [0.15, 0.2) is 0 Å². The van der Waals surface area contributed by atoms with Gasteiger partial charge in [0.1, 0.15) is 11.6 Å². The lowest BCUT2D eigenvalue weighted by atomic mass is 9.86. The third-order valence-corrected chi connectivity index (χ3v) is 7.93. The van der Waals surface area contributed by atoms with E-state index in [1.165, 1.54) is 26.4 Å². The van der Waals surface area contributed by atoms with Crippen molar-refractivity contribution in [2.24, 2.45) is 5.92 Å². The van der Waals surface area contributed by atoms with E-state index in [4.69, 9.17) is 9.47 Å². The molecule has 0 unspecified atom stereocenters. The first kappa shape index (κ1) is 27.4. The number of rotatable bonds is 8. The third kappa shape index (κ3) is 6.01. The zero-order chi connectivity index (χ0) is 28.1. The van der Waals surface area contributed by atoms with Crippen LogP contribution < -0.4 is 9.64 Å². The van der Waals surface area contributed by atoms with Gasteiger partial charge in [0.2, 0.25) is 5.91 Å². The molecular formula is C34H36N2O4. The van der Waals surface area contributed by atoms with Gasteiger partial charge in [-0.05, 0) is 89.7 Å². The average molecular weight is 537 g/mol. The summed E-state index contributed by atoms with van der Waals surface area (Å²) in [7, 11) is 3.05. The van der Waals surface area contributed by atoms with E-state index in [1.807, 2.05) is 30.0 Å². The van der Waals surface area contributed by atoms with Crippen LogP contribution >= 0.6 is 0 Å². The molecule has 0 saturated heterocycles. The molecule has 4 aromatic rings. The largest absolute Gasteiger partial charge is 0.496 e. The zero-order valence-corrected chi connectivity index (χ0v) is 23.5. The van der Waals surface area contributed by atoms with Crippen LogP contribution in [0.3, 0.4) is 0 Å². The molecule has 6 nitrogen and oxygen atoms in total. The predicted octanol–water partition coefficient (Wildman–Crippen LogP) is 7.51. The highest BCUT2D eigenvalue weighted by Crippen LogP contribution is 2.32. The van der Waals surface area contributed by atoms with Crippen molar-refractivity contribution in [2.75, 3.05) is 19.1 Å². The van der Waals surface area contributed by atoms with E-state index in [1.54, 1.807) is 25.4 Å². The number of anilines is 1. The Labute approximate surface area is 235 Å². The van der Waals surface area contributed by atoms with Crippen molar-refractivity contribution in [1.29, 1.82) is 0 Å². The van der Waals surface area contributed by atoms with E-state index in [0.717, 1.165) is 51.6 Å². The number of esters is 1. The lowest BCUT2D eigenvalue weighted by Crippen LogP contribution is -2.33. The summed E-state index contributed by atoms with van der Waals surface area (Å²) in [5.74, 6) is 1.58. The smallest absolute Gasteiger partial charge is 0.337 e. The van der Waals surface area contributed by atoms with Gasteiger partial charge >= 0.3 is 5.97 Å². The summed E-state index contributed by atoms with van der Waals surface area (Å²) >= 11 is 0. The van der Waals surface area contributed by atoms with Crippen molar-refractivity contribution in [2.45, 2.75) is 52.0 Å². The molecule has 40 heavy (non-hydrogen) atoms. The number of pyridine rings is 1. The van der Waals surface area contributed by atoms with Gasteiger partial charge in [0.05, 0.1) is 26.3 Å². The molecule has 206 valence electrons. The average Bonchev–Trinajstić information content (AvgIpc) is 2.99. The molecule has 5 rings (SSSR count). The molecule has 1 aliphatic carbocycles. The lowest BCUT2D eigenvalue weighted by molar-refractivity contribution is -0.119.